The lowest BCUT2D eigenvalue weighted by Gasteiger charge is -2.18. The maximum absolute atomic E-state index is 4.11. The third-order valence-corrected chi connectivity index (χ3v) is 2.88. The van der Waals surface area contributed by atoms with Gasteiger partial charge in [-0.15, -0.1) is 0 Å². The summed E-state index contributed by atoms with van der Waals surface area (Å²) < 4.78 is 0. The summed E-state index contributed by atoms with van der Waals surface area (Å²) in [6.45, 7) is 7.31. The van der Waals surface area contributed by atoms with Crippen molar-refractivity contribution in [3.63, 3.8) is 0 Å². The molecular weight excluding hydrogens is 226 g/mol. The molecule has 0 spiro atoms. The van der Waals surface area contributed by atoms with Gasteiger partial charge in [-0.1, -0.05) is 19.9 Å². The third-order valence-electron chi connectivity index (χ3n) is 2.88. The molecule has 0 bridgehead atoms. The van der Waals surface area contributed by atoms with Gasteiger partial charge in [-0.05, 0) is 24.7 Å². The fourth-order valence-corrected chi connectivity index (χ4v) is 1.92. The monoisotopic (exact) mass is 247 g/mol. The summed E-state index contributed by atoms with van der Waals surface area (Å²) in [5.41, 5.74) is 3.12. The lowest BCUT2D eigenvalue weighted by molar-refractivity contribution is 0.320. The molecule has 0 atom stereocenters. The van der Waals surface area contributed by atoms with Gasteiger partial charge in [-0.2, -0.15) is 15.4 Å². The minimum Gasteiger partial charge on any atom is -0.313 e. The third kappa shape index (κ3) is 3.51. The standard InChI is InChI=1S/C13H21N5/c1-10(2)14-6-7-18(3)9-11-4-5-12-13(8-11)16-17-15-12/h4-5,8,10,14H,6-7,9H2,1-3H3,(H,15,16,17). The summed E-state index contributed by atoms with van der Waals surface area (Å²) in [7, 11) is 2.13. The highest BCUT2D eigenvalue weighted by atomic mass is 15.3. The van der Waals surface area contributed by atoms with Crippen LogP contribution in [0.1, 0.15) is 19.4 Å². The van der Waals surface area contributed by atoms with Gasteiger partial charge < -0.3 is 10.2 Å². The van der Waals surface area contributed by atoms with Gasteiger partial charge in [-0.3, -0.25) is 0 Å². The zero-order valence-electron chi connectivity index (χ0n) is 11.3. The topological polar surface area (TPSA) is 56.8 Å². The van der Waals surface area contributed by atoms with E-state index in [4.69, 9.17) is 0 Å². The Morgan fingerprint density at radius 3 is 2.83 bits per heavy atom. The Bertz CT molecular complexity index is 491. The van der Waals surface area contributed by atoms with Crippen molar-refractivity contribution in [2.24, 2.45) is 0 Å². The molecule has 0 saturated heterocycles. The van der Waals surface area contributed by atoms with Crippen molar-refractivity contribution in [2.75, 3.05) is 20.1 Å². The van der Waals surface area contributed by atoms with E-state index in [0.29, 0.717) is 6.04 Å². The first-order valence-electron chi connectivity index (χ1n) is 6.36. The number of aromatic nitrogens is 3. The van der Waals surface area contributed by atoms with E-state index in [0.717, 1.165) is 30.7 Å². The lowest BCUT2D eigenvalue weighted by Crippen LogP contribution is -2.32. The smallest absolute Gasteiger partial charge is 0.113 e. The SMILES string of the molecule is CC(C)NCCN(C)Cc1ccc2n[nH]nc2c1. The van der Waals surface area contributed by atoms with Crippen LogP contribution in [0.2, 0.25) is 0 Å². The Kier molecular flexibility index (Phi) is 4.28. The van der Waals surface area contributed by atoms with E-state index < -0.39 is 0 Å². The van der Waals surface area contributed by atoms with E-state index in [1.54, 1.807) is 0 Å². The highest BCUT2D eigenvalue weighted by Crippen LogP contribution is 2.11. The fraction of sp³-hybridized carbons (Fsp3) is 0.538. The molecule has 5 heteroatoms. The number of hydrogen-bond donors (Lipinski definition) is 2. The van der Waals surface area contributed by atoms with Crippen LogP contribution in [0.25, 0.3) is 11.0 Å². The van der Waals surface area contributed by atoms with Crippen LogP contribution in [0.15, 0.2) is 18.2 Å². The van der Waals surface area contributed by atoms with Gasteiger partial charge in [0.15, 0.2) is 0 Å². The zero-order valence-corrected chi connectivity index (χ0v) is 11.3. The molecule has 0 aliphatic heterocycles. The van der Waals surface area contributed by atoms with E-state index >= 15 is 0 Å². The normalized spacial score (nSPS) is 11.8. The fourth-order valence-electron chi connectivity index (χ4n) is 1.92. The summed E-state index contributed by atoms with van der Waals surface area (Å²) >= 11 is 0. The van der Waals surface area contributed by atoms with Crippen molar-refractivity contribution in [3.05, 3.63) is 23.8 Å². The number of benzene rings is 1. The van der Waals surface area contributed by atoms with E-state index in [2.05, 4.69) is 58.7 Å². The number of hydrogen-bond acceptors (Lipinski definition) is 4. The van der Waals surface area contributed by atoms with Crippen molar-refractivity contribution in [3.8, 4) is 0 Å². The van der Waals surface area contributed by atoms with Gasteiger partial charge in [0.05, 0.1) is 0 Å². The second kappa shape index (κ2) is 5.93. The van der Waals surface area contributed by atoms with Crippen LogP contribution >= 0.6 is 0 Å². The van der Waals surface area contributed by atoms with Gasteiger partial charge in [0.1, 0.15) is 11.0 Å². The Hall–Kier alpha value is -1.46. The molecule has 0 radical (unpaired) electrons. The second-order valence-electron chi connectivity index (χ2n) is 4.99. The van der Waals surface area contributed by atoms with Crippen molar-refractivity contribution in [2.45, 2.75) is 26.4 Å². The highest BCUT2D eigenvalue weighted by molar-refractivity contribution is 5.74. The van der Waals surface area contributed by atoms with Crippen LogP contribution in [-0.2, 0) is 6.54 Å². The molecule has 1 heterocycles. The molecule has 0 aliphatic carbocycles. The van der Waals surface area contributed by atoms with Crippen molar-refractivity contribution >= 4 is 11.0 Å². The summed E-state index contributed by atoms with van der Waals surface area (Å²) in [4.78, 5) is 2.30. The number of nitrogens with zero attached hydrogens (tertiary/aromatic N) is 3. The molecular formula is C13H21N5. The van der Waals surface area contributed by atoms with Crippen LogP contribution in [0, 0.1) is 0 Å². The molecule has 1 aromatic carbocycles. The summed E-state index contributed by atoms with van der Waals surface area (Å²) in [5.74, 6) is 0. The summed E-state index contributed by atoms with van der Waals surface area (Å²) in [6, 6.07) is 6.75. The van der Waals surface area contributed by atoms with Gasteiger partial charge in [0, 0.05) is 25.7 Å². The number of H-pyrrole nitrogens is 1. The quantitative estimate of drug-likeness (QED) is 0.810. The molecule has 0 unspecified atom stereocenters. The molecule has 2 rings (SSSR count). The first kappa shape index (κ1) is 13.0. The van der Waals surface area contributed by atoms with Crippen molar-refractivity contribution < 1.29 is 0 Å². The molecule has 18 heavy (non-hydrogen) atoms. The molecule has 0 amide bonds. The number of likely N-dealkylation sites (N-methyl/N-ethyl adjacent to an activating group) is 1. The minimum absolute atomic E-state index is 0.546. The first-order valence-corrected chi connectivity index (χ1v) is 6.36. The van der Waals surface area contributed by atoms with Gasteiger partial charge in [0.2, 0.25) is 0 Å². The van der Waals surface area contributed by atoms with E-state index in [1.807, 2.05) is 6.07 Å². The molecule has 2 aromatic rings. The number of rotatable bonds is 6. The molecule has 0 fully saturated rings. The Balaban J connectivity index is 1.87. The van der Waals surface area contributed by atoms with Gasteiger partial charge >= 0.3 is 0 Å². The van der Waals surface area contributed by atoms with Crippen LogP contribution in [-0.4, -0.2) is 46.5 Å². The maximum atomic E-state index is 4.11. The van der Waals surface area contributed by atoms with Gasteiger partial charge in [0.25, 0.3) is 0 Å². The van der Waals surface area contributed by atoms with Crippen LogP contribution in [0.5, 0.6) is 0 Å². The number of aromatic amines is 1. The number of fused-ring (bicyclic) bond motifs is 1. The molecule has 5 nitrogen and oxygen atoms in total. The van der Waals surface area contributed by atoms with E-state index in [-0.39, 0.29) is 0 Å². The second-order valence-corrected chi connectivity index (χ2v) is 4.99. The van der Waals surface area contributed by atoms with Crippen LogP contribution in [0.3, 0.4) is 0 Å². The zero-order chi connectivity index (χ0) is 13.0. The predicted molar refractivity (Wildman–Crippen MR) is 73.4 cm³/mol. The molecule has 0 aliphatic rings. The largest absolute Gasteiger partial charge is 0.313 e. The van der Waals surface area contributed by atoms with Crippen molar-refractivity contribution in [1.29, 1.82) is 0 Å². The number of nitrogens with one attached hydrogen (secondary N) is 2. The Morgan fingerprint density at radius 1 is 1.28 bits per heavy atom. The summed E-state index contributed by atoms with van der Waals surface area (Å²) in [6.07, 6.45) is 0. The summed E-state index contributed by atoms with van der Waals surface area (Å²) in [5, 5.41) is 14.2. The van der Waals surface area contributed by atoms with Gasteiger partial charge in [-0.25, -0.2) is 0 Å². The first-order chi connectivity index (χ1) is 8.65. The lowest BCUT2D eigenvalue weighted by atomic mass is 10.2. The Labute approximate surface area is 108 Å². The average molecular weight is 247 g/mol. The highest BCUT2D eigenvalue weighted by Gasteiger charge is 2.03. The van der Waals surface area contributed by atoms with Crippen LogP contribution in [0.4, 0.5) is 0 Å². The maximum Gasteiger partial charge on any atom is 0.113 e. The minimum atomic E-state index is 0.546. The molecule has 2 N–H and O–H groups in total. The predicted octanol–water partition coefficient (Wildman–Crippen LogP) is 1.39. The molecule has 98 valence electrons. The van der Waals surface area contributed by atoms with E-state index in [9.17, 15) is 0 Å². The van der Waals surface area contributed by atoms with Crippen LogP contribution < -0.4 is 5.32 Å². The average Bonchev–Trinajstić information content (AvgIpc) is 2.75. The van der Waals surface area contributed by atoms with E-state index in [1.165, 1.54) is 5.56 Å². The molecule has 0 saturated carbocycles. The Morgan fingerprint density at radius 2 is 2.06 bits per heavy atom. The molecule has 1 aromatic heterocycles. The van der Waals surface area contributed by atoms with Crippen molar-refractivity contribution in [1.82, 2.24) is 25.6 Å².